The third kappa shape index (κ3) is 2.85. The molecule has 0 fully saturated rings. The van der Waals surface area contributed by atoms with Crippen molar-refractivity contribution < 1.29 is 4.42 Å². The lowest BCUT2D eigenvalue weighted by molar-refractivity contribution is 0.670. The van der Waals surface area contributed by atoms with Crippen LogP contribution in [0.15, 0.2) is 132 Å². The maximum absolute atomic E-state index is 6.73. The van der Waals surface area contributed by atoms with Crippen LogP contribution in [0.25, 0.3) is 80.7 Å². The van der Waals surface area contributed by atoms with Crippen molar-refractivity contribution in [1.29, 1.82) is 0 Å². The van der Waals surface area contributed by atoms with Gasteiger partial charge in [-0.2, -0.15) is 0 Å². The summed E-state index contributed by atoms with van der Waals surface area (Å²) in [5.41, 5.74) is 7.72. The molecule has 0 saturated carbocycles. The summed E-state index contributed by atoms with van der Waals surface area (Å²) in [4.78, 5) is 0. The average Bonchev–Trinajstić information content (AvgIpc) is 3.66. The van der Waals surface area contributed by atoms with E-state index in [0.717, 1.165) is 33.2 Å². The van der Waals surface area contributed by atoms with E-state index < -0.39 is 0 Å². The summed E-state index contributed by atoms with van der Waals surface area (Å²) in [6.07, 6.45) is 0. The van der Waals surface area contributed by atoms with Crippen molar-refractivity contribution >= 4 is 75.3 Å². The summed E-state index contributed by atoms with van der Waals surface area (Å²) in [6.45, 7) is 0. The molecule has 2 nitrogen and oxygen atoms in total. The van der Waals surface area contributed by atoms with Gasteiger partial charge < -0.3 is 8.98 Å². The Hall–Kier alpha value is -4.86. The lowest BCUT2D eigenvalue weighted by atomic mass is 9.97. The zero-order chi connectivity index (χ0) is 25.5. The van der Waals surface area contributed by atoms with Crippen LogP contribution in [0.1, 0.15) is 0 Å². The molecule has 0 unspecified atom stereocenters. The van der Waals surface area contributed by atoms with Gasteiger partial charge in [0, 0.05) is 41.9 Å². The Labute approximate surface area is 227 Å². The fourth-order valence-electron chi connectivity index (χ4n) is 6.41. The van der Waals surface area contributed by atoms with Gasteiger partial charge >= 0.3 is 0 Å². The van der Waals surface area contributed by atoms with E-state index in [1.807, 2.05) is 11.3 Å². The van der Waals surface area contributed by atoms with Crippen LogP contribution in [-0.4, -0.2) is 4.57 Å². The molecule has 0 atom stereocenters. The lowest BCUT2D eigenvalue weighted by Crippen LogP contribution is -1.94. The topological polar surface area (TPSA) is 18.1 Å². The minimum Gasteiger partial charge on any atom is -0.455 e. The number of para-hydroxylation sites is 3. The van der Waals surface area contributed by atoms with Gasteiger partial charge in [-0.1, -0.05) is 91.0 Å². The van der Waals surface area contributed by atoms with E-state index in [1.54, 1.807) is 0 Å². The summed E-state index contributed by atoms with van der Waals surface area (Å²) in [5, 5.41) is 7.39. The van der Waals surface area contributed by atoms with Crippen molar-refractivity contribution in [3.8, 4) is 16.8 Å². The summed E-state index contributed by atoms with van der Waals surface area (Å²) in [6, 6.07) is 45.6. The Morgan fingerprint density at radius 3 is 1.90 bits per heavy atom. The number of hydrogen-bond donors (Lipinski definition) is 0. The van der Waals surface area contributed by atoms with Crippen LogP contribution in [0.4, 0.5) is 0 Å². The zero-order valence-electron chi connectivity index (χ0n) is 20.9. The minimum atomic E-state index is 0.902. The van der Waals surface area contributed by atoms with E-state index in [2.05, 4.69) is 132 Å². The molecule has 0 saturated heterocycles. The van der Waals surface area contributed by atoms with Gasteiger partial charge in [-0.05, 0) is 42.0 Å². The van der Waals surface area contributed by atoms with E-state index >= 15 is 0 Å². The van der Waals surface area contributed by atoms with E-state index in [0.29, 0.717) is 0 Å². The van der Waals surface area contributed by atoms with Gasteiger partial charge in [-0.3, -0.25) is 0 Å². The van der Waals surface area contributed by atoms with Crippen LogP contribution in [0.3, 0.4) is 0 Å². The monoisotopic (exact) mass is 515 g/mol. The number of nitrogens with zero attached hydrogens (tertiary/aromatic N) is 1. The first-order valence-electron chi connectivity index (χ1n) is 13.2. The van der Waals surface area contributed by atoms with E-state index in [1.165, 1.54) is 47.5 Å². The van der Waals surface area contributed by atoms with Crippen LogP contribution >= 0.6 is 11.3 Å². The van der Waals surface area contributed by atoms with Crippen molar-refractivity contribution in [2.45, 2.75) is 0 Å². The van der Waals surface area contributed by atoms with Gasteiger partial charge in [0.05, 0.1) is 22.1 Å². The number of furan rings is 1. The highest BCUT2D eigenvalue weighted by molar-refractivity contribution is 7.25. The third-order valence-corrected chi connectivity index (χ3v) is 9.15. The number of benzene rings is 6. The SMILES string of the molecule is c1cc(-n2c3ccccc3c3ccccc32)c2c(c1)oc1c(-c3cccc4sc5ccccc5c34)cccc12. The maximum atomic E-state index is 6.73. The third-order valence-electron chi connectivity index (χ3n) is 8.01. The van der Waals surface area contributed by atoms with Gasteiger partial charge in [0.15, 0.2) is 0 Å². The molecule has 0 aliphatic carbocycles. The molecule has 0 bridgehead atoms. The predicted molar refractivity (Wildman–Crippen MR) is 166 cm³/mol. The lowest BCUT2D eigenvalue weighted by Gasteiger charge is -2.09. The molecule has 6 aromatic carbocycles. The van der Waals surface area contributed by atoms with E-state index in [9.17, 15) is 0 Å². The quantitative estimate of drug-likeness (QED) is 0.224. The van der Waals surface area contributed by atoms with Crippen LogP contribution in [-0.2, 0) is 0 Å². The van der Waals surface area contributed by atoms with Crippen molar-refractivity contribution in [2.24, 2.45) is 0 Å². The normalized spacial score (nSPS) is 12.1. The van der Waals surface area contributed by atoms with Crippen molar-refractivity contribution in [2.75, 3.05) is 0 Å². The minimum absolute atomic E-state index is 0.902. The first kappa shape index (κ1) is 21.1. The van der Waals surface area contributed by atoms with Gasteiger partial charge in [-0.25, -0.2) is 0 Å². The first-order chi connectivity index (χ1) is 19.4. The second kappa shape index (κ2) is 7.83. The molecular formula is C36H21NOS. The maximum Gasteiger partial charge on any atom is 0.143 e. The number of hydrogen-bond acceptors (Lipinski definition) is 2. The molecule has 0 aliphatic heterocycles. The zero-order valence-corrected chi connectivity index (χ0v) is 21.7. The molecular weight excluding hydrogens is 494 g/mol. The Morgan fingerprint density at radius 2 is 1.08 bits per heavy atom. The molecule has 9 aromatic rings. The molecule has 0 N–H and O–H groups in total. The van der Waals surface area contributed by atoms with Crippen LogP contribution in [0, 0.1) is 0 Å². The molecule has 0 amide bonds. The summed E-state index contributed by atoms with van der Waals surface area (Å²) >= 11 is 1.85. The highest BCUT2D eigenvalue weighted by atomic mass is 32.1. The molecule has 39 heavy (non-hydrogen) atoms. The first-order valence-corrected chi connectivity index (χ1v) is 14.0. The largest absolute Gasteiger partial charge is 0.455 e. The van der Waals surface area contributed by atoms with Crippen molar-refractivity contribution in [3.63, 3.8) is 0 Å². The number of fused-ring (bicyclic) bond motifs is 9. The molecule has 3 heteroatoms. The van der Waals surface area contributed by atoms with Gasteiger partial charge in [0.25, 0.3) is 0 Å². The molecule has 0 radical (unpaired) electrons. The molecule has 0 spiro atoms. The fourth-order valence-corrected chi connectivity index (χ4v) is 7.54. The number of thiophene rings is 1. The Kier molecular flexibility index (Phi) is 4.24. The van der Waals surface area contributed by atoms with Crippen molar-refractivity contribution in [3.05, 3.63) is 127 Å². The Morgan fingerprint density at radius 1 is 0.462 bits per heavy atom. The summed E-state index contributed by atoms with van der Waals surface area (Å²) < 4.78 is 11.7. The summed E-state index contributed by atoms with van der Waals surface area (Å²) in [7, 11) is 0. The smallest absolute Gasteiger partial charge is 0.143 e. The second-order valence-corrected chi connectivity index (χ2v) is 11.2. The van der Waals surface area contributed by atoms with E-state index in [-0.39, 0.29) is 0 Å². The average molecular weight is 516 g/mol. The van der Waals surface area contributed by atoms with Crippen LogP contribution in [0.5, 0.6) is 0 Å². The molecule has 3 heterocycles. The molecule has 9 rings (SSSR count). The predicted octanol–water partition coefficient (Wildman–Crippen LogP) is 10.7. The van der Waals surface area contributed by atoms with E-state index in [4.69, 9.17) is 4.42 Å². The Balaban J connectivity index is 1.40. The highest BCUT2D eigenvalue weighted by Gasteiger charge is 2.20. The molecule has 0 aliphatic rings. The molecule has 3 aromatic heterocycles. The number of aromatic nitrogens is 1. The number of rotatable bonds is 2. The highest BCUT2D eigenvalue weighted by Crippen LogP contribution is 2.45. The van der Waals surface area contributed by atoms with Crippen molar-refractivity contribution in [1.82, 2.24) is 4.57 Å². The second-order valence-electron chi connectivity index (χ2n) is 10.1. The Bertz CT molecular complexity index is 2350. The fraction of sp³-hybridized carbons (Fsp3) is 0. The van der Waals surface area contributed by atoms with Crippen LogP contribution < -0.4 is 0 Å². The standard InChI is InChI=1S/C36H21NOS/c1-4-16-28-22(10-1)23-11-2-5-17-29(23)37(28)30-18-9-19-31-35(30)27-15-7-14-25(36(27)38-31)24-13-8-21-33-34(24)26-12-3-6-20-32(26)39-33/h1-21H. The summed E-state index contributed by atoms with van der Waals surface area (Å²) in [5.74, 6) is 0. The van der Waals surface area contributed by atoms with Gasteiger partial charge in [0.1, 0.15) is 11.2 Å². The molecule has 182 valence electrons. The van der Waals surface area contributed by atoms with Gasteiger partial charge in [0.2, 0.25) is 0 Å². The van der Waals surface area contributed by atoms with Gasteiger partial charge in [-0.15, -0.1) is 11.3 Å². The van der Waals surface area contributed by atoms with Crippen LogP contribution in [0.2, 0.25) is 0 Å².